The number of carbonyl (C=O) groups is 2. The lowest BCUT2D eigenvalue weighted by Crippen LogP contribution is -2.50. The Morgan fingerprint density at radius 1 is 1.22 bits per heavy atom. The monoisotopic (exact) mass is 367 g/mol. The number of rotatable bonds is 6. The highest BCUT2D eigenvalue weighted by Crippen LogP contribution is 2.37. The molecule has 2 N–H and O–H groups in total. The van der Waals surface area contributed by atoms with Gasteiger partial charge in [-0.25, -0.2) is 0 Å². The second-order valence-corrected chi connectivity index (χ2v) is 7.12. The van der Waals surface area contributed by atoms with Gasteiger partial charge in [0.15, 0.2) is 0 Å². The highest BCUT2D eigenvalue weighted by molar-refractivity contribution is 5.87. The maximum atomic E-state index is 12.4. The van der Waals surface area contributed by atoms with Crippen LogP contribution in [0, 0.1) is 5.92 Å². The Hall–Kier alpha value is -2.89. The lowest BCUT2D eigenvalue weighted by atomic mass is 10.0. The van der Waals surface area contributed by atoms with Gasteiger partial charge in [-0.3, -0.25) is 14.6 Å². The highest BCUT2D eigenvalue weighted by Gasteiger charge is 2.28. The van der Waals surface area contributed by atoms with Crippen LogP contribution in [0.2, 0.25) is 0 Å². The number of ether oxygens (including phenoxy) is 1. The van der Waals surface area contributed by atoms with E-state index in [2.05, 4.69) is 15.6 Å². The number of fused-ring (bicyclic) bond motifs is 1. The summed E-state index contributed by atoms with van der Waals surface area (Å²) < 4.78 is 6.12. The molecule has 1 aliphatic rings. The number of nitrogens with one attached hydrogen (secondary N) is 2. The van der Waals surface area contributed by atoms with Gasteiger partial charge in [-0.05, 0) is 29.7 Å². The van der Waals surface area contributed by atoms with Gasteiger partial charge < -0.3 is 15.4 Å². The summed E-state index contributed by atoms with van der Waals surface area (Å²) in [6.07, 6.45) is 2.34. The van der Waals surface area contributed by atoms with E-state index in [0.717, 1.165) is 29.0 Å². The molecule has 2 heterocycles. The standard InChI is InChI=1S/C21H25N3O3/c1-13(2)19(24-14(3)25)21(26)23-12-16-11-15-7-6-8-17(20(15)27-16)18-9-4-5-10-22-18/h4-10,13,16,19H,11-12H2,1-3H3,(H,23,26)(H,24,25)/t16-,19-/m1/s1. The van der Waals surface area contributed by atoms with Crippen LogP contribution in [0.5, 0.6) is 5.75 Å². The molecule has 6 heteroatoms. The third-order valence-electron chi connectivity index (χ3n) is 4.58. The maximum absolute atomic E-state index is 12.4. The molecule has 27 heavy (non-hydrogen) atoms. The Morgan fingerprint density at radius 3 is 2.70 bits per heavy atom. The van der Waals surface area contributed by atoms with Crippen LogP contribution in [-0.4, -0.2) is 35.5 Å². The van der Waals surface area contributed by atoms with E-state index in [-0.39, 0.29) is 23.8 Å². The number of nitrogens with zero attached hydrogens (tertiary/aromatic N) is 1. The van der Waals surface area contributed by atoms with E-state index in [0.29, 0.717) is 6.54 Å². The molecule has 1 aromatic carbocycles. The number of benzene rings is 1. The van der Waals surface area contributed by atoms with Crippen LogP contribution in [0.15, 0.2) is 42.6 Å². The molecule has 3 rings (SSSR count). The van der Waals surface area contributed by atoms with E-state index in [1.54, 1.807) is 6.20 Å². The first kappa shape index (κ1) is 18.9. The smallest absolute Gasteiger partial charge is 0.242 e. The minimum Gasteiger partial charge on any atom is -0.487 e. The summed E-state index contributed by atoms with van der Waals surface area (Å²) in [4.78, 5) is 28.2. The number of carbonyl (C=O) groups excluding carboxylic acids is 2. The second-order valence-electron chi connectivity index (χ2n) is 7.12. The first-order valence-electron chi connectivity index (χ1n) is 9.20. The predicted molar refractivity (Wildman–Crippen MR) is 103 cm³/mol. The Labute approximate surface area is 159 Å². The van der Waals surface area contributed by atoms with Crippen molar-refractivity contribution in [2.75, 3.05) is 6.54 Å². The average Bonchev–Trinajstić information content (AvgIpc) is 3.07. The molecule has 1 aliphatic heterocycles. The molecule has 0 saturated carbocycles. The highest BCUT2D eigenvalue weighted by atomic mass is 16.5. The summed E-state index contributed by atoms with van der Waals surface area (Å²) in [6, 6.07) is 11.3. The lowest BCUT2D eigenvalue weighted by Gasteiger charge is -2.22. The van der Waals surface area contributed by atoms with Crippen LogP contribution >= 0.6 is 0 Å². The molecule has 0 radical (unpaired) electrons. The molecule has 0 aliphatic carbocycles. The lowest BCUT2D eigenvalue weighted by molar-refractivity contribution is -0.129. The Bertz CT molecular complexity index is 821. The van der Waals surface area contributed by atoms with Gasteiger partial charge in [-0.1, -0.05) is 32.0 Å². The minimum absolute atomic E-state index is 0.00588. The van der Waals surface area contributed by atoms with Gasteiger partial charge in [0.2, 0.25) is 11.8 Å². The van der Waals surface area contributed by atoms with Crippen LogP contribution in [0.4, 0.5) is 0 Å². The van der Waals surface area contributed by atoms with E-state index in [1.807, 2.05) is 50.2 Å². The van der Waals surface area contributed by atoms with Crippen molar-refractivity contribution < 1.29 is 14.3 Å². The molecule has 0 unspecified atom stereocenters. The zero-order valence-corrected chi connectivity index (χ0v) is 15.9. The Morgan fingerprint density at radius 2 is 2.04 bits per heavy atom. The molecule has 0 spiro atoms. The summed E-state index contributed by atoms with van der Waals surface area (Å²) in [5.41, 5.74) is 2.93. The third-order valence-corrected chi connectivity index (χ3v) is 4.58. The molecule has 1 aromatic heterocycles. The second kappa shape index (κ2) is 8.20. The molecule has 2 atom stereocenters. The summed E-state index contributed by atoms with van der Waals surface area (Å²) in [7, 11) is 0. The van der Waals surface area contributed by atoms with Gasteiger partial charge in [-0.2, -0.15) is 0 Å². The molecular formula is C21H25N3O3. The summed E-state index contributed by atoms with van der Waals surface area (Å²) in [5.74, 6) is 0.433. The maximum Gasteiger partial charge on any atom is 0.242 e. The molecule has 2 aromatic rings. The fourth-order valence-electron chi connectivity index (χ4n) is 3.25. The van der Waals surface area contributed by atoms with Crippen molar-refractivity contribution in [3.05, 3.63) is 48.2 Å². The van der Waals surface area contributed by atoms with Crippen molar-refractivity contribution in [2.24, 2.45) is 5.92 Å². The summed E-state index contributed by atoms with van der Waals surface area (Å²) >= 11 is 0. The van der Waals surface area contributed by atoms with Gasteiger partial charge in [0.25, 0.3) is 0 Å². The number of pyridine rings is 1. The van der Waals surface area contributed by atoms with Crippen LogP contribution in [-0.2, 0) is 16.0 Å². The fraction of sp³-hybridized carbons (Fsp3) is 0.381. The number of hydrogen-bond donors (Lipinski definition) is 2. The Balaban J connectivity index is 1.65. The van der Waals surface area contributed by atoms with Crippen molar-refractivity contribution in [1.82, 2.24) is 15.6 Å². The number of hydrogen-bond acceptors (Lipinski definition) is 4. The normalized spacial score (nSPS) is 16.4. The first-order valence-corrected chi connectivity index (χ1v) is 9.20. The quantitative estimate of drug-likeness (QED) is 0.821. The van der Waals surface area contributed by atoms with Crippen molar-refractivity contribution in [2.45, 2.75) is 39.3 Å². The SMILES string of the molecule is CC(=O)N[C@@H](C(=O)NC[C@H]1Cc2cccc(-c3ccccn3)c2O1)C(C)C. The molecular weight excluding hydrogens is 342 g/mol. The van der Waals surface area contributed by atoms with Crippen molar-refractivity contribution >= 4 is 11.8 Å². The zero-order valence-electron chi connectivity index (χ0n) is 15.9. The molecule has 0 bridgehead atoms. The Kier molecular flexibility index (Phi) is 5.74. The molecule has 6 nitrogen and oxygen atoms in total. The van der Waals surface area contributed by atoms with Crippen LogP contribution in [0.3, 0.4) is 0 Å². The first-order chi connectivity index (χ1) is 13.0. The molecule has 142 valence electrons. The van der Waals surface area contributed by atoms with Crippen molar-refractivity contribution in [3.63, 3.8) is 0 Å². The molecule has 0 fully saturated rings. The van der Waals surface area contributed by atoms with Gasteiger partial charge >= 0.3 is 0 Å². The number of para-hydroxylation sites is 1. The van der Waals surface area contributed by atoms with Crippen molar-refractivity contribution in [3.8, 4) is 17.0 Å². The van der Waals surface area contributed by atoms with E-state index in [9.17, 15) is 9.59 Å². The number of amides is 2. The average molecular weight is 367 g/mol. The van der Waals surface area contributed by atoms with Crippen molar-refractivity contribution in [1.29, 1.82) is 0 Å². The van der Waals surface area contributed by atoms with Gasteiger partial charge in [0.1, 0.15) is 17.9 Å². The third kappa shape index (κ3) is 4.45. The van der Waals surface area contributed by atoms with Crippen LogP contribution in [0.25, 0.3) is 11.3 Å². The molecule has 2 amide bonds. The minimum atomic E-state index is -0.546. The van der Waals surface area contributed by atoms with Gasteiger partial charge in [-0.15, -0.1) is 0 Å². The summed E-state index contributed by atoms with van der Waals surface area (Å²) in [6.45, 7) is 5.61. The van der Waals surface area contributed by atoms with Crippen LogP contribution < -0.4 is 15.4 Å². The van der Waals surface area contributed by atoms with Gasteiger partial charge in [0.05, 0.1) is 12.2 Å². The summed E-state index contributed by atoms with van der Waals surface area (Å²) in [5, 5.41) is 5.61. The van der Waals surface area contributed by atoms with E-state index >= 15 is 0 Å². The topological polar surface area (TPSA) is 80.3 Å². The molecule has 0 saturated heterocycles. The van der Waals surface area contributed by atoms with E-state index in [1.165, 1.54) is 6.92 Å². The zero-order chi connectivity index (χ0) is 19.4. The van der Waals surface area contributed by atoms with E-state index < -0.39 is 6.04 Å². The largest absolute Gasteiger partial charge is 0.487 e. The number of aromatic nitrogens is 1. The van der Waals surface area contributed by atoms with Gasteiger partial charge in [0, 0.05) is 25.1 Å². The fourth-order valence-corrected chi connectivity index (χ4v) is 3.25. The predicted octanol–water partition coefficient (Wildman–Crippen LogP) is 2.33. The van der Waals surface area contributed by atoms with Crippen LogP contribution in [0.1, 0.15) is 26.3 Å². The van der Waals surface area contributed by atoms with E-state index in [4.69, 9.17) is 4.74 Å².